The third kappa shape index (κ3) is 35.2. The van der Waals surface area contributed by atoms with Crippen molar-refractivity contribution in [1.82, 2.24) is 0 Å². The quantitative estimate of drug-likeness (QED) is 0.0158. The van der Waals surface area contributed by atoms with E-state index in [1.807, 2.05) is 12.2 Å². The molecule has 0 bridgehead atoms. The summed E-state index contributed by atoms with van der Waals surface area (Å²) < 4.78 is 32.4. The van der Waals surface area contributed by atoms with Gasteiger partial charge in [-0.25, -0.2) is 4.57 Å². The van der Waals surface area contributed by atoms with E-state index in [0.29, 0.717) is 19.3 Å². The second kappa shape index (κ2) is 34.9. The zero-order valence-electron chi connectivity index (χ0n) is 32.5. The molecule has 11 nitrogen and oxygen atoms in total. The second-order valence-electron chi connectivity index (χ2n) is 14.0. The largest absolute Gasteiger partial charge is 0.472 e. The van der Waals surface area contributed by atoms with E-state index in [9.17, 15) is 29.3 Å². The summed E-state index contributed by atoms with van der Waals surface area (Å²) in [5.74, 6) is -0.375. The average Bonchev–Trinajstić information content (AvgIpc) is 3.11. The van der Waals surface area contributed by atoms with Gasteiger partial charge in [0, 0.05) is 12.8 Å². The molecule has 0 radical (unpaired) electrons. The standard InChI is InChI=1S/C40H73O11P/c1-4-5-6-7-8-9-10-11-12-13-17-20-23-27-36(42)28-25-30-40(45)51-38(34-50-52(46,47)49-32-37(43)31-41)33-48-39(44)29-24-21-18-15-14-16-19-22-26-35(2)3/h11-12,17,20,23,27,35-38,41-43H,4-10,13-16,18-19,21-22,24-26,28-34H2,1-3H3,(H,46,47)/b12-11+,20-17+,27-23+/t36?,37-,38+/m0/s1. The zero-order valence-corrected chi connectivity index (χ0v) is 33.4. The van der Waals surface area contributed by atoms with Crippen molar-refractivity contribution < 1.29 is 52.9 Å². The highest BCUT2D eigenvalue weighted by atomic mass is 31.2. The van der Waals surface area contributed by atoms with E-state index >= 15 is 0 Å². The molecule has 0 aromatic rings. The van der Waals surface area contributed by atoms with Crippen LogP contribution in [0.15, 0.2) is 36.5 Å². The Morgan fingerprint density at radius 1 is 0.692 bits per heavy atom. The predicted molar refractivity (Wildman–Crippen MR) is 207 cm³/mol. The zero-order chi connectivity index (χ0) is 38.7. The van der Waals surface area contributed by atoms with Crippen LogP contribution >= 0.6 is 7.82 Å². The molecule has 12 heteroatoms. The lowest BCUT2D eigenvalue weighted by molar-refractivity contribution is -0.161. The molecule has 0 aliphatic carbocycles. The Kier molecular flexibility index (Phi) is 33.6. The van der Waals surface area contributed by atoms with Crippen LogP contribution in [0.2, 0.25) is 0 Å². The van der Waals surface area contributed by atoms with Crippen LogP contribution < -0.4 is 0 Å². The molecule has 4 atom stereocenters. The highest BCUT2D eigenvalue weighted by molar-refractivity contribution is 7.47. The van der Waals surface area contributed by atoms with Crippen molar-refractivity contribution in [2.45, 2.75) is 174 Å². The minimum Gasteiger partial charge on any atom is -0.462 e. The molecule has 0 spiro atoms. The van der Waals surface area contributed by atoms with E-state index in [4.69, 9.17) is 19.1 Å². The number of allylic oxidation sites excluding steroid dienone is 5. The molecule has 0 aromatic heterocycles. The van der Waals surface area contributed by atoms with Crippen LogP contribution in [-0.4, -0.2) is 76.9 Å². The molecule has 0 fully saturated rings. The number of phosphoric ester groups is 1. The molecule has 0 aliphatic heterocycles. The van der Waals surface area contributed by atoms with Gasteiger partial charge in [-0.05, 0) is 44.4 Å². The monoisotopic (exact) mass is 760 g/mol. The van der Waals surface area contributed by atoms with Crippen molar-refractivity contribution >= 4 is 19.8 Å². The first kappa shape index (κ1) is 50.1. The second-order valence-corrected chi connectivity index (χ2v) is 15.4. The Hall–Kier alpha value is -1.85. The highest BCUT2D eigenvalue weighted by Crippen LogP contribution is 2.43. The molecule has 0 aliphatic rings. The number of carbonyl (C=O) groups excluding carboxylic acids is 2. The Morgan fingerprint density at radius 2 is 1.31 bits per heavy atom. The maximum absolute atomic E-state index is 12.6. The van der Waals surface area contributed by atoms with Gasteiger partial charge in [0.25, 0.3) is 0 Å². The summed E-state index contributed by atoms with van der Waals surface area (Å²) in [7, 11) is -4.66. The molecule has 4 N–H and O–H groups in total. The van der Waals surface area contributed by atoms with Crippen LogP contribution in [0.3, 0.4) is 0 Å². The summed E-state index contributed by atoms with van der Waals surface area (Å²) in [4.78, 5) is 34.8. The SMILES string of the molecule is CCCCCCCC/C=C/C/C=C/C=C/C(O)CCCC(=O)O[C@H](COC(=O)CCCCCCCCCCC(C)C)COP(=O)(O)OC[C@@H](O)CO. The Morgan fingerprint density at radius 3 is 1.98 bits per heavy atom. The molecule has 0 heterocycles. The van der Waals surface area contributed by atoms with Gasteiger partial charge >= 0.3 is 19.8 Å². The molecule has 52 heavy (non-hydrogen) atoms. The molecule has 304 valence electrons. The summed E-state index contributed by atoms with van der Waals surface area (Å²) in [5, 5.41) is 28.5. The van der Waals surface area contributed by atoms with E-state index in [1.165, 1.54) is 70.6 Å². The number of hydrogen-bond donors (Lipinski definition) is 4. The van der Waals surface area contributed by atoms with Gasteiger partial charge in [0.05, 0.1) is 25.9 Å². The fourth-order valence-corrected chi connectivity index (χ4v) is 5.98. The van der Waals surface area contributed by atoms with Crippen molar-refractivity contribution in [2.75, 3.05) is 26.4 Å². The van der Waals surface area contributed by atoms with Gasteiger partial charge in [0.2, 0.25) is 0 Å². The van der Waals surface area contributed by atoms with Crippen LogP contribution in [0, 0.1) is 5.92 Å². The fraction of sp³-hybridized carbons (Fsp3) is 0.800. The van der Waals surface area contributed by atoms with Gasteiger partial charge in [-0.15, -0.1) is 0 Å². The number of hydrogen-bond acceptors (Lipinski definition) is 10. The number of esters is 2. The van der Waals surface area contributed by atoms with E-state index in [1.54, 1.807) is 12.2 Å². The number of aliphatic hydroxyl groups excluding tert-OH is 3. The summed E-state index contributed by atoms with van der Waals surface area (Å²) in [6, 6.07) is 0. The van der Waals surface area contributed by atoms with Gasteiger partial charge in [0.1, 0.15) is 12.7 Å². The molecule has 0 saturated carbocycles. The first-order valence-corrected chi connectivity index (χ1v) is 21.4. The Balaban J connectivity index is 4.56. The van der Waals surface area contributed by atoms with E-state index in [0.717, 1.165) is 38.0 Å². The highest BCUT2D eigenvalue weighted by Gasteiger charge is 2.27. The summed E-state index contributed by atoms with van der Waals surface area (Å²) in [6.45, 7) is 4.40. The lowest BCUT2D eigenvalue weighted by atomic mass is 10.0. The van der Waals surface area contributed by atoms with Crippen LogP contribution in [0.5, 0.6) is 0 Å². The summed E-state index contributed by atoms with van der Waals surface area (Å²) >= 11 is 0. The number of rotatable bonds is 36. The summed E-state index contributed by atoms with van der Waals surface area (Å²) in [6.07, 6.45) is 28.8. The fourth-order valence-electron chi connectivity index (χ4n) is 5.19. The van der Waals surface area contributed by atoms with E-state index in [2.05, 4.69) is 37.4 Å². The lowest BCUT2D eigenvalue weighted by Gasteiger charge is -2.20. The maximum Gasteiger partial charge on any atom is 0.472 e. The van der Waals surface area contributed by atoms with Crippen molar-refractivity contribution in [2.24, 2.45) is 5.92 Å². The van der Waals surface area contributed by atoms with Crippen LogP contribution in [-0.2, 0) is 32.7 Å². The van der Waals surface area contributed by atoms with Gasteiger partial charge in [-0.2, -0.15) is 0 Å². The first-order valence-electron chi connectivity index (χ1n) is 19.9. The summed E-state index contributed by atoms with van der Waals surface area (Å²) in [5.41, 5.74) is 0. The normalized spacial score (nSPS) is 15.1. The van der Waals surface area contributed by atoms with Crippen molar-refractivity contribution in [3.8, 4) is 0 Å². The predicted octanol–water partition coefficient (Wildman–Crippen LogP) is 8.83. The molecular formula is C40H73O11P. The van der Waals surface area contributed by atoms with Gasteiger partial charge < -0.3 is 29.7 Å². The number of phosphoric acid groups is 1. The minimum atomic E-state index is -4.66. The van der Waals surface area contributed by atoms with Crippen LogP contribution in [0.25, 0.3) is 0 Å². The number of unbranched alkanes of at least 4 members (excludes halogenated alkanes) is 13. The Bertz CT molecular complexity index is 998. The topological polar surface area (TPSA) is 169 Å². The first-order chi connectivity index (χ1) is 25.0. The minimum absolute atomic E-state index is 0.0394. The molecule has 0 rings (SSSR count). The van der Waals surface area contributed by atoms with Gasteiger partial charge in [0.15, 0.2) is 6.10 Å². The van der Waals surface area contributed by atoms with Crippen molar-refractivity contribution in [3.63, 3.8) is 0 Å². The lowest BCUT2D eigenvalue weighted by Crippen LogP contribution is -2.30. The third-order valence-corrected chi connectivity index (χ3v) is 9.28. The number of carbonyl (C=O) groups is 2. The van der Waals surface area contributed by atoms with Crippen LogP contribution in [0.4, 0.5) is 0 Å². The molecule has 0 amide bonds. The van der Waals surface area contributed by atoms with Gasteiger partial charge in [-0.3, -0.25) is 18.6 Å². The molecule has 2 unspecified atom stereocenters. The van der Waals surface area contributed by atoms with E-state index in [-0.39, 0.29) is 19.4 Å². The molecule has 0 saturated heterocycles. The maximum atomic E-state index is 12.6. The smallest absolute Gasteiger partial charge is 0.462 e. The van der Waals surface area contributed by atoms with Crippen molar-refractivity contribution in [3.05, 3.63) is 36.5 Å². The Labute approximate surface area is 314 Å². The third-order valence-electron chi connectivity index (χ3n) is 8.33. The van der Waals surface area contributed by atoms with E-state index < -0.39 is 57.9 Å². The van der Waals surface area contributed by atoms with Crippen LogP contribution in [0.1, 0.15) is 156 Å². The molecule has 0 aromatic carbocycles. The molecular weight excluding hydrogens is 687 g/mol. The van der Waals surface area contributed by atoms with Crippen molar-refractivity contribution in [1.29, 1.82) is 0 Å². The number of ether oxygens (including phenoxy) is 2. The average molecular weight is 761 g/mol. The number of aliphatic hydroxyl groups is 3. The van der Waals surface area contributed by atoms with Gasteiger partial charge in [-0.1, -0.05) is 141 Å².